The lowest BCUT2D eigenvalue weighted by Crippen LogP contribution is -2.36. The fourth-order valence-electron chi connectivity index (χ4n) is 3.71. The van der Waals surface area contributed by atoms with E-state index in [4.69, 9.17) is 16.3 Å². The molecular formula is C23H28ClN3O5S. The van der Waals surface area contributed by atoms with Crippen molar-refractivity contribution < 1.29 is 22.7 Å². The minimum atomic E-state index is -3.68. The van der Waals surface area contributed by atoms with Gasteiger partial charge in [-0.2, -0.15) is 4.31 Å². The van der Waals surface area contributed by atoms with Crippen LogP contribution in [-0.4, -0.2) is 63.2 Å². The van der Waals surface area contributed by atoms with Gasteiger partial charge in [0.05, 0.1) is 24.2 Å². The second kappa shape index (κ2) is 10.5. The molecule has 0 unspecified atom stereocenters. The van der Waals surface area contributed by atoms with E-state index in [0.717, 1.165) is 19.3 Å². The van der Waals surface area contributed by atoms with Crippen LogP contribution in [-0.2, 0) is 14.8 Å². The maximum atomic E-state index is 13.1. The number of nitrogens with zero attached hydrogens (tertiary/aromatic N) is 2. The van der Waals surface area contributed by atoms with Gasteiger partial charge in [0.25, 0.3) is 5.91 Å². The van der Waals surface area contributed by atoms with Crippen molar-refractivity contribution in [3.63, 3.8) is 0 Å². The van der Waals surface area contributed by atoms with Crippen molar-refractivity contribution >= 4 is 39.1 Å². The Morgan fingerprint density at radius 3 is 2.48 bits per heavy atom. The normalized spacial score (nSPS) is 14.5. The zero-order chi connectivity index (χ0) is 24.2. The van der Waals surface area contributed by atoms with Gasteiger partial charge >= 0.3 is 0 Å². The smallest absolute Gasteiger partial charge is 0.254 e. The maximum Gasteiger partial charge on any atom is 0.254 e. The molecule has 0 radical (unpaired) electrons. The number of aryl methyl sites for hydroxylation is 1. The van der Waals surface area contributed by atoms with E-state index in [1.807, 2.05) is 0 Å². The van der Waals surface area contributed by atoms with Gasteiger partial charge in [-0.05, 0) is 55.7 Å². The summed E-state index contributed by atoms with van der Waals surface area (Å²) in [5.74, 6) is -0.453. The van der Waals surface area contributed by atoms with Crippen LogP contribution < -0.4 is 10.1 Å². The maximum absolute atomic E-state index is 13.1. The first-order chi connectivity index (χ1) is 15.6. The summed E-state index contributed by atoms with van der Waals surface area (Å²) in [5.41, 5.74) is 1.26. The Labute approximate surface area is 199 Å². The molecule has 0 aromatic heterocycles. The molecule has 2 amide bonds. The Bertz CT molecular complexity index is 1150. The molecule has 178 valence electrons. The fraction of sp³-hybridized carbons (Fsp3) is 0.391. The molecule has 8 nitrogen and oxygen atoms in total. The summed E-state index contributed by atoms with van der Waals surface area (Å²) in [5, 5.41) is 3.12. The van der Waals surface area contributed by atoms with Crippen LogP contribution in [0.4, 0.5) is 5.69 Å². The Kier molecular flexibility index (Phi) is 7.99. The number of piperidine rings is 1. The molecule has 1 saturated heterocycles. The van der Waals surface area contributed by atoms with Gasteiger partial charge in [0.15, 0.2) is 0 Å². The number of sulfonamides is 1. The Morgan fingerprint density at radius 2 is 1.82 bits per heavy atom. The average Bonchev–Trinajstić information content (AvgIpc) is 2.79. The number of likely N-dealkylation sites (N-methyl/N-ethyl adjacent to an activating group) is 1. The number of rotatable bonds is 7. The fourth-order valence-corrected chi connectivity index (χ4v) is 5.42. The van der Waals surface area contributed by atoms with Crippen molar-refractivity contribution in [2.45, 2.75) is 31.1 Å². The molecule has 3 rings (SSSR count). The van der Waals surface area contributed by atoms with Crippen LogP contribution in [0.3, 0.4) is 0 Å². The second-order valence-corrected chi connectivity index (χ2v) is 10.4. The van der Waals surface area contributed by atoms with Gasteiger partial charge in [0.2, 0.25) is 15.9 Å². The molecule has 0 spiro atoms. The monoisotopic (exact) mass is 493 g/mol. The zero-order valence-electron chi connectivity index (χ0n) is 18.9. The highest BCUT2D eigenvalue weighted by Crippen LogP contribution is 2.28. The van der Waals surface area contributed by atoms with E-state index in [2.05, 4.69) is 5.32 Å². The standard InChI is InChI=1S/C23H28ClN3O5S/c1-16-7-9-18(33(30,31)27-11-5-4-6-12-27)14-19(16)23(29)26(2)15-22(28)25-20-13-17(24)8-10-21(20)32-3/h7-10,13-14H,4-6,11-12,15H2,1-3H3,(H,25,28). The van der Waals surface area contributed by atoms with Crippen molar-refractivity contribution in [2.24, 2.45) is 0 Å². The van der Waals surface area contributed by atoms with Crippen molar-refractivity contribution in [2.75, 3.05) is 39.1 Å². The molecule has 1 fully saturated rings. The summed E-state index contributed by atoms with van der Waals surface area (Å²) in [4.78, 5) is 27.0. The first kappa shape index (κ1) is 25.0. The number of nitrogens with one attached hydrogen (secondary N) is 1. The number of methoxy groups -OCH3 is 1. The summed E-state index contributed by atoms with van der Waals surface area (Å²) < 4.78 is 32.7. The van der Waals surface area contributed by atoms with Gasteiger partial charge in [-0.25, -0.2) is 8.42 Å². The largest absolute Gasteiger partial charge is 0.495 e. The highest BCUT2D eigenvalue weighted by Gasteiger charge is 2.27. The van der Waals surface area contributed by atoms with Crippen LogP contribution in [0.5, 0.6) is 5.75 Å². The first-order valence-corrected chi connectivity index (χ1v) is 12.4. The van der Waals surface area contributed by atoms with Gasteiger partial charge in [0, 0.05) is 30.7 Å². The summed E-state index contributed by atoms with van der Waals surface area (Å²) >= 11 is 5.99. The lowest BCUT2D eigenvalue weighted by molar-refractivity contribution is -0.116. The van der Waals surface area contributed by atoms with E-state index in [9.17, 15) is 18.0 Å². The number of halogens is 1. The predicted octanol–water partition coefficient (Wildman–Crippen LogP) is 3.54. The molecular weight excluding hydrogens is 466 g/mol. The van der Waals surface area contributed by atoms with Crippen LogP contribution in [0, 0.1) is 6.92 Å². The van der Waals surface area contributed by atoms with Crippen LogP contribution in [0.15, 0.2) is 41.3 Å². The number of anilines is 1. The molecule has 0 atom stereocenters. The van der Waals surface area contributed by atoms with Gasteiger partial charge in [-0.1, -0.05) is 24.1 Å². The topological polar surface area (TPSA) is 96.0 Å². The molecule has 10 heteroatoms. The van der Waals surface area contributed by atoms with E-state index in [-0.39, 0.29) is 17.0 Å². The third-order valence-corrected chi connectivity index (χ3v) is 7.69. The van der Waals surface area contributed by atoms with Crippen molar-refractivity contribution in [3.8, 4) is 5.75 Å². The van der Waals surface area contributed by atoms with Crippen LogP contribution in [0.25, 0.3) is 0 Å². The molecule has 1 heterocycles. The molecule has 0 saturated carbocycles. The molecule has 0 bridgehead atoms. The number of ether oxygens (including phenoxy) is 1. The zero-order valence-corrected chi connectivity index (χ0v) is 20.5. The molecule has 0 aliphatic carbocycles. The van der Waals surface area contributed by atoms with E-state index in [1.54, 1.807) is 31.2 Å². The summed E-state index contributed by atoms with van der Waals surface area (Å²) in [6.45, 7) is 2.45. The quantitative estimate of drug-likeness (QED) is 0.636. The minimum absolute atomic E-state index is 0.0832. The Morgan fingerprint density at radius 1 is 1.12 bits per heavy atom. The SMILES string of the molecule is COc1ccc(Cl)cc1NC(=O)CN(C)C(=O)c1cc(S(=O)(=O)N2CCCCC2)ccc1C. The predicted molar refractivity (Wildman–Crippen MR) is 127 cm³/mol. The third kappa shape index (κ3) is 5.85. The number of hydrogen-bond acceptors (Lipinski definition) is 5. The van der Waals surface area contributed by atoms with Gasteiger partial charge in [0.1, 0.15) is 5.75 Å². The molecule has 2 aromatic carbocycles. The number of benzene rings is 2. The molecule has 1 aliphatic heterocycles. The van der Waals surface area contributed by atoms with Crippen LogP contribution in [0.2, 0.25) is 5.02 Å². The summed E-state index contributed by atoms with van der Waals surface area (Å²) in [6, 6.07) is 9.36. The lowest BCUT2D eigenvalue weighted by atomic mass is 10.1. The summed E-state index contributed by atoms with van der Waals surface area (Å²) in [6.07, 6.45) is 2.66. The van der Waals surface area contributed by atoms with Crippen molar-refractivity contribution in [1.82, 2.24) is 9.21 Å². The van der Waals surface area contributed by atoms with Crippen molar-refractivity contribution in [1.29, 1.82) is 0 Å². The number of carbonyl (C=O) groups is 2. The molecule has 1 N–H and O–H groups in total. The van der Waals surface area contributed by atoms with E-state index in [0.29, 0.717) is 35.1 Å². The van der Waals surface area contributed by atoms with Crippen LogP contribution in [0.1, 0.15) is 35.2 Å². The minimum Gasteiger partial charge on any atom is -0.495 e. The number of amides is 2. The van der Waals surface area contributed by atoms with Gasteiger partial charge < -0.3 is 15.0 Å². The summed E-state index contributed by atoms with van der Waals surface area (Å²) in [7, 11) is -0.716. The Hall–Kier alpha value is -2.62. The highest BCUT2D eigenvalue weighted by molar-refractivity contribution is 7.89. The van der Waals surface area contributed by atoms with E-state index < -0.39 is 21.8 Å². The highest BCUT2D eigenvalue weighted by atomic mass is 35.5. The number of hydrogen-bond donors (Lipinski definition) is 1. The van der Waals surface area contributed by atoms with E-state index in [1.165, 1.54) is 35.5 Å². The van der Waals surface area contributed by atoms with Crippen molar-refractivity contribution in [3.05, 3.63) is 52.5 Å². The molecule has 33 heavy (non-hydrogen) atoms. The molecule has 1 aliphatic rings. The van der Waals surface area contributed by atoms with E-state index >= 15 is 0 Å². The molecule has 2 aromatic rings. The third-order valence-electron chi connectivity index (χ3n) is 5.56. The second-order valence-electron chi connectivity index (χ2n) is 8.00. The Balaban J connectivity index is 1.75. The average molecular weight is 494 g/mol. The first-order valence-electron chi connectivity index (χ1n) is 10.6. The van der Waals surface area contributed by atoms with Gasteiger partial charge in [-0.3, -0.25) is 9.59 Å². The van der Waals surface area contributed by atoms with Gasteiger partial charge in [-0.15, -0.1) is 0 Å². The lowest BCUT2D eigenvalue weighted by Gasteiger charge is -2.26. The van der Waals surface area contributed by atoms with Crippen LogP contribution >= 0.6 is 11.6 Å². The number of carbonyl (C=O) groups excluding carboxylic acids is 2.